The van der Waals surface area contributed by atoms with Gasteiger partial charge in [0.15, 0.2) is 6.10 Å². The van der Waals surface area contributed by atoms with E-state index in [1.54, 1.807) is 26.4 Å². The maximum Gasteiger partial charge on any atom is 0.335 e. The topological polar surface area (TPSA) is 177 Å². The van der Waals surface area contributed by atoms with Gasteiger partial charge in [-0.1, -0.05) is 40.7 Å². The van der Waals surface area contributed by atoms with E-state index in [9.17, 15) is 29.1 Å². The molecule has 3 aliphatic heterocycles. The van der Waals surface area contributed by atoms with E-state index in [-0.39, 0.29) is 37.9 Å². The molecule has 0 aromatic carbocycles. The first-order valence-electron chi connectivity index (χ1n) is 16.5. The average molecular weight is 673 g/mol. The lowest BCUT2D eigenvalue weighted by Gasteiger charge is -2.60. The van der Waals surface area contributed by atoms with Gasteiger partial charge in [0, 0.05) is 30.1 Å². The van der Waals surface area contributed by atoms with Gasteiger partial charge in [-0.2, -0.15) is 0 Å². The summed E-state index contributed by atoms with van der Waals surface area (Å²) in [6, 6.07) is 1.82. The van der Waals surface area contributed by atoms with Crippen molar-refractivity contribution < 1.29 is 61.9 Å². The zero-order valence-corrected chi connectivity index (χ0v) is 28.1. The molecule has 2 bridgehead atoms. The third-order valence-corrected chi connectivity index (χ3v) is 12.4. The highest BCUT2D eigenvalue weighted by molar-refractivity contribution is 5.77. The van der Waals surface area contributed by atoms with Gasteiger partial charge >= 0.3 is 23.9 Å². The van der Waals surface area contributed by atoms with Crippen molar-refractivity contribution in [2.24, 2.45) is 28.6 Å². The predicted octanol–water partition coefficient (Wildman–Crippen LogP) is 3.16. The number of hydrogen-bond donors (Lipinski definition) is 1. The maximum atomic E-state index is 13.8. The highest BCUT2D eigenvalue weighted by Crippen LogP contribution is 2.77. The van der Waals surface area contributed by atoms with Crippen LogP contribution in [0.25, 0.3) is 0 Å². The van der Waals surface area contributed by atoms with E-state index in [2.05, 4.69) is 6.58 Å². The quantitative estimate of drug-likeness (QED) is 0.126. The summed E-state index contributed by atoms with van der Waals surface area (Å²) in [7, 11) is 0. The molecule has 1 spiro atoms. The number of esters is 4. The fourth-order valence-electron chi connectivity index (χ4n) is 9.71. The number of fused-ring (bicyclic) bond motifs is 2. The van der Waals surface area contributed by atoms with Gasteiger partial charge in [0.2, 0.25) is 0 Å². The molecule has 6 rings (SSSR count). The van der Waals surface area contributed by atoms with Crippen LogP contribution in [0, 0.1) is 28.6 Å². The zero-order chi connectivity index (χ0) is 35.0. The van der Waals surface area contributed by atoms with Gasteiger partial charge in [-0.15, -0.1) is 0 Å². The first-order valence-corrected chi connectivity index (χ1v) is 16.5. The summed E-state index contributed by atoms with van der Waals surface area (Å²) >= 11 is 0. The lowest BCUT2D eigenvalue weighted by atomic mass is 9.47. The second-order valence-electron chi connectivity index (χ2n) is 14.7. The van der Waals surface area contributed by atoms with Gasteiger partial charge in [-0.05, 0) is 36.5 Å². The number of aliphatic hydroxyl groups is 1. The summed E-state index contributed by atoms with van der Waals surface area (Å²) in [5.41, 5.74) is -3.59. The van der Waals surface area contributed by atoms with Crippen molar-refractivity contribution in [3.8, 4) is 0 Å². The van der Waals surface area contributed by atoms with Gasteiger partial charge in [0.25, 0.3) is 6.47 Å². The maximum absolute atomic E-state index is 13.8. The third-order valence-electron chi connectivity index (χ3n) is 12.4. The molecule has 1 aromatic rings. The highest BCUT2D eigenvalue weighted by Gasteiger charge is 2.85. The number of cyclic esters (lactones) is 1. The zero-order valence-electron chi connectivity index (χ0n) is 28.1. The van der Waals surface area contributed by atoms with E-state index in [1.807, 2.05) is 26.8 Å². The fraction of sp³-hybridized carbons (Fsp3) is 0.686. The molecular weight excluding hydrogens is 628 g/mol. The molecule has 0 amide bonds. The van der Waals surface area contributed by atoms with Gasteiger partial charge in [-0.3, -0.25) is 19.2 Å². The Labute approximate surface area is 278 Å². The number of carbonyl (C=O) groups excluding carboxylic acids is 5. The van der Waals surface area contributed by atoms with E-state index in [4.69, 9.17) is 32.8 Å². The van der Waals surface area contributed by atoms with Crippen LogP contribution in [0.2, 0.25) is 0 Å². The van der Waals surface area contributed by atoms with Crippen LogP contribution in [0.5, 0.6) is 0 Å². The molecule has 262 valence electrons. The summed E-state index contributed by atoms with van der Waals surface area (Å²) in [4.78, 5) is 64.6. The molecule has 48 heavy (non-hydrogen) atoms. The Hall–Kier alpha value is -3.71. The second kappa shape index (κ2) is 11.7. The minimum atomic E-state index is -1.51. The number of ether oxygens (including phenoxy) is 6. The molecule has 1 aromatic heterocycles. The monoisotopic (exact) mass is 672 g/mol. The highest BCUT2D eigenvalue weighted by atomic mass is 16.6. The number of epoxide rings is 1. The number of hydrogen-bond acceptors (Lipinski definition) is 13. The molecule has 5 aliphatic rings. The lowest BCUT2D eigenvalue weighted by Crippen LogP contribution is -2.69. The second-order valence-corrected chi connectivity index (χ2v) is 14.7. The van der Waals surface area contributed by atoms with Crippen LogP contribution in [-0.2, 0) is 52.4 Å². The average Bonchev–Trinajstić information content (AvgIpc) is 3.38. The van der Waals surface area contributed by atoms with Crippen molar-refractivity contribution in [3.63, 3.8) is 0 Å². The van der Waals surface area contributed by atoms with Gasteiger partial charge in [0.05, 0.1) is 36.9 Å². The Kier molecular flexibility index (Phi) is 8.34. The molecule has 13 heteroatoms. The van der Waals surface area contributed by atoms with E-state index in [1.165, 1.54) is 6.92 Å². The SMILES string of the molecule is C=C1C(C2(C)C3CC(=O)OC(C)(COC(C)=O)C2CC(=O)O3)C(OC=O)C(OC(=O)C(O)C(C)CC)C2(C)C(c3ccoc3)CC3OC132. The third kappa shape index (κ3) is 4.74. The largest absolute Gasteiger partial charge is 0.472 e. The molecule has 4 heterocycles. The van der Waals surface area contributed by atoms with E-state index in [0.717, 1.165) is 5.56 Å². The van der Waals surface area contributed by atoms with E-state index >= 15 is 0 Å². The van der Waals surface area contributed by atoms with Crippen LogP contribution in [-0.4, -0.2) is 83.8 Å². The van der Waals surface area contributed by atoms with Crippen LogP contribution < -0.4 is 0 Å². The number of furan rings is 1. The predicted molar refractivity (Wildman–Crippen MR) is 163 cm³/mol. The van der Waals surface area contributed by atoms with Gasteiger partial charge in [0.1, 0.15) is 36.1 Å². The van der Waals surface area contributed by atoms with Gasteiger partial charge in [-0.25, -0.2) is 4.79 Å². The van der Waals surface area contributed by atoms with E-state index < -0.39 is 88.1 Å². The normalized spacial score (nSPS) is 42.6. The van der Waals surface area contributed by atoms with Gasteiger partial charge < -0.3 is 37.9 Å². The Morgan fingerprint density at radius 1 is 1.17 bits per heavy atom. The van der Waals surface area contributed by atoms with Crippen molar-refractivity contribution >= 4 is 30.3 Å². The molecule has 1 N–H and O–H groups in total. The van der Waals surface area contributed by atoms with Crippen LogP contribution in [0.15, 0.2) is 35.2 Å². The molecule has 2 saturated carbocycles. The molecule has 2 aliphatic carbocycles. The van der Waals surface area contributed by atoms with Crippen molar-refractivity contribution in [1.82, 2.24) is 0 Å². The van der Waals surface area contributed by atoms with Crippen LogP contribution in [0.1, 0.15) is 78.7 Å². The molecule has 0 radical (unpaired) electrons. The molecular formula is C35H44O13. The first kappa shape index (κ1) is 34.2. The summed E-state index contributed by atoms with van der Waals surface area (Å²) in [5, 5.41) is 11.0. The first-order chi connectivity index (χ1) is 22.6. The number of rotatable bonds is 10. The number of aliphatic hydroxyl groups excluding tert-OH is 1. The smallest absolute Gasteiger partial charge is 0.335 e. The van der Waals surface area contributed by atoms with E-state index in [0.29, 0.717) is 18.4 Å². The molecule has 5 fully saturated rings. The minimum Gasteiger partial charge on any atom is -0.472 e. The summed E-state index contributed by atoms with van der Waals surface area (Å²) in [6.45, 7) is 14.6. The molecule has 13 unspecified atom stereocenters. The molecule has 3 saturated heterocycles. The standard InChI is InChI=1S/C35H44O13/c1-8-17(2)28(40)31(41)46-30-29(44-16-36)27(18(3)35-24(47-35)11-21(34(30,35)7)20-9-10-42-14-20)33(6)22-12-25(38)45-23(33)13-26(39)48-32(22,5)15-43-19(4)37/h9-10,14,16-17,21-24,27-30,40H,3,8,11-13,15H2,1-2,4-7H3. The number of carbonyl (C=O) groups is 5. The summed E-state index contributed by atoms with van der Waals surface area (Å²) in [6.07, 6.45) is -1.75. The molecule has 13 nitrogen and oxygen atoms in total. The van der Waals surface area contributed by atoms with Crippen LogP contribution >= 0.6 is 0 Å². The Morgan fingerprint density at radius 3 is 2.52 bits per heavy atom. The Bertz CT molecular complexity index is 1500. The summed E-state index contributed by atoms with van der Waals surface area (Å²) < 4.78 is 41.5. The molecule has 13 atom stereocenters. The van der Waals surface area contributed by atoms with Crippen molar-refractivity contribution in [2.75, 3.05) is 6.61 Å². The Balaban J connectivity index is 1.55. The lowest BCUT2D eigenvalue weighted by molar-refractivity contribution is -0.234. The Morgan fingerprint density at radius 2 is 1.90 bits per heavy atom. The van der Waals surface area contributed by atoms with Crippen molar-refractivity contribution in [1.29, 1.82) is 0 Å². The van der Waals surface area contributed by atoms with Crippen molar-refractivity contribution in [2.45, 2.75) is 115 Å². The summed E-state index contributed by atoms with van der Waals surface area (Å²) in [5.74, 6) is -5.25. The van der Waals surface area contributed by atoms with Crippen LogP contribution in [0.3, 0.4) is 0 Å². The minimum absolute atomic E-state index is 0.223. The van der Waals surface area contributed by atoms with Crippen molar-refractivity contribution in [3.05, 3.63) is 36.3 Å². The fourth-order valence-corrected chi connectivity index (χ4v) is 9.71. The van der Waals surface area contributed by atoms with Crippen LogP contribution in [0.4, 0.5) is 0 Å².